The topological polar surface area (TPSA) is 73.2 Å². The van der Waals surface area contributed by atoms with Crippen molar-refractivity contribution >= 4 is 17.5 Å². The molecule has 1 N–H and O–H groups in total. The second-order valence-electron chi connectivity index (χ2n) is 6.12. The van der Waals surface area contributed by atoms with Crippen molar-refractivity contribution in [1.82, 2.24) is 15.1 Å². The van der Waals surface area contributed by atoms with Crippen molar-refractivity contribution in [3.8, 4) is 17.0 Å². The fourth-order valence-electron chi connectivity index (χ4n) is 2.70. The summed E-state index contributed by atoms with van der Waals surface area (Å²) in [5.74, 6) is -0.217. The Labute approximate surface area is 171 Å². The van der Waals surface area contributed by atoms with Gasteiger partial charge in [0.15, 0.2) is 0 Å². The first-order chi connectivity index (χ1) is 14.0. The van der Waals surface area contributed by atoms with Crippen LogP contribution in [0, 0.1) is 5.82 Å². The van der Waals surface area contributed by atoms with Crippen LogP contribution >= 0.6 is 11.6 Å². The average Bonchev–Trinajstić information content (AvgIpc) is 2.70. The minimum Gasteiger partial charge on any atom is -0.494 e. The molecule has 1 heterocycles. The summed E-state index contributed by atoms with van der Waals surface area (Å²) in [6.45, 7) is 2.83. The molecule has 1 amide bonds. The average molecular weight is 416 g/mol. The highest BCUT2D eigenvalue weighted by atomic mass is 35.5. The van der Waals surface area contributed by atoms with Gasteiger partial charge in [0, 0.05) is 18.2 Å². The first kappa shape index (κ1) is 20.5. The zero-order chi connectivity index (χ0) is 20.8. The quantitative estimate of drug-likeness (QED) is 0.640. The van der Waals surface area contributed by atoms with E-state index in [1.54, 1.807) is 6.07 Å². The maximum absolute atomic E-state index is 13.1. The number of amides is 1. The van der Waals surface area contributed by atoms with Gasteiger partial charge < -0.3 is 10.1 Å². The maximum Gasteiger partial charge on any atom is 0.266 e. The van der Waals surface area contributed by atoms with Crippen LogP contribution in [0.4, 0.5) is 4.39 Å². The van der Waals surface area contributed by atoms with E-state index in [0.29, 0.717) is 12.3 Å². The summed E-state index contributed by atoms with van der Waals surface area (Å²) in [4.78, 5) is 24.3. The molecule has 3 rings (SSSR count). The Morgan fingerprint density at radius 2 is 1.93 bits per heavy atom. The molecule has 0 fully saturated rings. The molecule has 0 atom stereocenters. The Kier molecular flexibility index (Phi) is 6.61. The van der Waals surface area contributed by atoms with Crippen LogP contribution in [-0.2, 0) is 6.54 Å². The van der Waals surface area contributed by atoms with E-state index in [2.05, 4.69) is 10.4 Å². The van der Waals surface area contributed by atoms with E-state index in [0.717, 1.165) is 23.4 Å². The first-order valence-corrected chi connectivity index (χ1v) is 9.40. The molecular formula is C21H19ClFN3O3. The third-order valence-corrected chi connectivity index (χ3v) is 4.43. The summed E-state index contributed by atoms with van der Waals surface area (Å²) < 4.78 is 19.8. The number of hydrogen-bond donors (Lipinski definition) is 1. The second kappa shape index (κ2) is 9.34. The standard InChI is InChI=1S/C21H19ClFN3O3/c1-2-29-16-6-3-14(4-7-16)19-9-10-20(27)26(25-19)12-11-24-21(28)17-8-5-15(23)13-18(17)22/h3-10,13H,2,11-12H2,1H3,(H,24,28). The zero-order valence-corrected chi connectivity index (χ0v) is 16.4. The number of halogens is 2. The molecule has 150 valence electrons. The van der Waals surface area contributed by atoms with Gasteiger partial charge in [-0.05, 0) is 55.5 Å². The Hall–Kier alpha value is -3.19. The zero-order valence-electron chi connectivity index (χ0n) is 15.7. The van der Waals surface area contributed by atoms with E-state index in [1.165, 1.54) is 16.8 Å². The molecular weight excluding hydrogens is 397 g/mol. The molecule has 0 saturated heterocycles. The van der Waals surface area contributed by atoms with Crippen molar-refractivity contribution in [2.75, 3.05) is 13.2 Å². The minimum absolute atomic E-state index is 0.0234. The van der Waals surface area contributed by atoms with Crippen molar-refractivity contribution in [1.29, 1.82) is 0 Å². The molecule has 0 radical (unpaired) electrons. The van der Waals surface area contributed by atoms with Gasteiger partial charge in [0.05, 0.1) is 29.4 Å². The van der Waals surface area contributed by atoms with Crippen molar-refractivity contribution in [3.05, 3.63) is 81.4 Å². The van der Waals surface area contributed by atoms with Crippen LogP contribution in [-0.4, -0.2) is 28.8 Å². The molecule has 6 nitrogen and oxygen atoms in total. The fraction of sp³-hybridized carbons (Fsp3) is 0.190. The molecule has 0 aliphatic carbocycles. The highest BCUT2D eigenvalue weighted by molar-refractivity contribution is 6.33. The molecule has 1 aromatic heterocycles. The van der Waals surface area contributed by atoms with Crippen molar-refractivity contribution in [2.45, 2.75) is 13.5 Å². The molecule has 8 heteroatoms. The lowest BCUT2D eigenvalue weighted by atomic mass is 10.1. The summed E-state index contributed by atoms with van der Waals surface area (Å²) in [7, 11) is 0. The lowest BCUT2D eigenvalue weighted by Gasteiger charge is -2.10. The minimum atomic E-state index is -0.520. The highest BCUT2D eigenvalue weighted by Crippen LogP contribution is 2.20. The van der Waals surface area contributed by atoms with Crippen LogP contribution in [0.15, 0.2) is 59.4 Å². The number of carbonyl (C=O) groups excluding carboxylic acids is 1. The molecule has 3 aromatic rings. The third kappa shape index (κ3) is 5.20. The van der Waals surface area contributed by atoms with Gasteiger partial charge in [-0.25, -0.2) is 9.07 Å². The maximum atomic E-state index is 13.1. The molecule has 0 bridgehead atoms. The largest absolute Gasteiger partial charge is 0.494 e. The monoisotopic (exact) mass is 415 g/mol. The predicted molar refractivity (Wildman–Crippen MR) is 109 cm³/mol. The molecule has 0 aliphatic heterocycles. The van der Waals surface area contributed by atoms with Gasteiger partial charge in [0.25, 0.3) is 11.5 Å². The van der Waals surface area contributed by atoms with E-state index >= 15 is 0 Å². The van der Waals surface area contributed by atoms with Crippen LogP contribution in [0.25, 0.3) is 11.3 Å². The van der Waals surface area contributed by atoms with Crippen molar-refractivity contribution < 1.29 is 13.9 Å². The summed E-state index contributed by atoms with van der Waals surface area (Å²) in [6.07, 6.45) is 0. The molecule has 0 spiro atoms. The Bertz CT molecular complexity index is 1070. The normalized spacial score (nSPS) is 10.6. The number of rotatable bonds is 7. The van der Waals surface area contributed by atoms with Crippen molar-refractivity contribution in [3.63, 3.8) is 0 Å². The Balaban J connectivity index is 1.67. The van der Waals surface area contributed by atoms with Crippen LogP contribution < -0.4 is 15.6 Å². The van der Waals surface area contributed by atoms with E-state index in [-0.39, 0.29) is 29.2 Å². The molecule has 29 heavy (non-hydrogen) atoms. The van der Waals surface area contributed by atoms with Gasteiger partial charge >= 0.3 is 0 Å². The number of aromatic nitrogens is 2. The van der Waals surface area contributed by atoms with Gasteiger partial charge in [-0.15, -0.1) is 0 Å². The SMILES string of the molecule is CCOc1ccc(-c2ccc(=O)n(CCNC(=O)c3ccc(F)cc3Cl)n2)cc1. The number of nitrogens with one attached hydrogen (secondary N) is 1. The van der Waals surface area contributed by atoms with E-state index in [4.69, 9.17) is 16.3 Å². The predicted octanol–water partition coefficient (Wildman–Crippen LogP) is 3.53. The molecule has 0 aliphatic rings. The Morgan fingerprint density at radius 1 is 1.17 bits per heavy atom. The smallest absolute Gasteiger partial charge is 0.266 e. The summed E-state index contributed by atoms with van der Waals surface area (Å²) in [5.41, 5.74) is 1.34. The summed E-state index contributed by atoms with van der Waals surface area (Å²) >= 11 is 5.89. The first-order valence-electron chi connectivity index (χ1n) is 9.02. The summed E-state index contributed by atoms with van der Waals surface area (Å²) in [6, 6.07) is 14.0. The van der Waals surface area contributed by atoms with Crippen LogP contribution in [0.1, 0.15) is 17.3 Å². The molecule has 0 saturated carbocycles. The van der Waals surface area contributed by atoms with Gasteiger partial charge in [-0.1, -0.05) is 11.6 Å². The van der Waals surface area contributed by atoms with Crippen LogP contribution in [0.5, 0.6) is 5.75 Å². The van der Waals surface area contributed by atoms with Gasteiger partial charge in [0.2, 0.25) is 0 Å². The molecule has 0 unspecified atom stereocenters. The van der Waals surface area contributed by atoms with Crippen LogP contribution in [0.2, 0.25) is 5.02 Å². The number of nitrogens with zero attached hydrogens (tertiary/aromatic N) is 2. The number of hydrogen-bond acceptors (Lipinski definition) is 4. The van der Waals surface area contributed by atoms with E-state index in [1.807, 2.05) is 31.2 Å². The number of carbonyl (C=O) groups is 1. The second-order valence-corrected chi connectivity index (χ2v) is 6.52. The van der Waals surface area contributed by atoms with E-state index in [9.17, 15) is 14.0 Å². The lowest BCUT2D eigenvalue weighted by molar-refractivity contribution is 0.0952. The number of benzene rings is 2. The van der Waals surface area contributed by atoms with Gasteiger partial charge in [-0.2, -0.15) is 5.10 Å². The fourth-order valence-corrected chi connectivity index (χ4v) is 2.95. The van der Waals surface area contributed by atoms with Gasteiger partial charge in [-0.3, -0.25) is 9.59 Å². The lowest BCUT2D eigenvalue weighted by Crippen LogP contribution is -2.32. The Morgan fingerprint density at radius 3 is 2.62 bits per heavy atom. The number of ether oxygens (including phenoxy) is 1. The van der Waals surface area contributed by atoms with Gasteiger partial charge in [0.1, 0.15) is 11.6 Å². The van der Waals surface area contributed by atoms with Crippen LogP contribution in [0.3, 0.4) is 0 Å². The highest BCUT2D eigenvalue weighted by Gasteiger charge is 2.11. The van der Waals surface area contributed by atoms with Crippen molar-refractivity contribution in [2.24, 2.45) is 0 Å². The summed E-state index contributed by atoms with van der Waals surface area (Å²) in [5, 5.41) is 7.03. The van der Waals surface area contributed by atoms with E-state index < -0.39 is 11.7 Å². The third-order valence-electron chi connectivity index (χ3n) is 4.11. The molecule has 2 aromatic carbocycles.